The van der Waals surface area contributed by atoms with E-state index in [1.165, 1.54) is 10.8 Å². The smallest absolute Gasteiger partial charge is 0.164 e. The molecule has 0 aliphatic rings. The summed E-state index contributed by atoms with van der Waals surface area (Å²) in [6.45, 7) is 0. The molecule has 0 saturated carbocycles. The van der Waals surface area contributed by atoms with Crippen molar-refractivity contribution in [3.05, 3.63) is 206 Å². The fourth-order valence-corrected chi connectivity index (χ4v) is 9.32. The van der Waals surface area contributed by atoms with Crippen LogP contribution in [0.4, 0.5) is 0 Å². The molecule has 6 heteroatoms. The number of para-hydroxylation sites is 4. The fraction of sp³-hybridized carbons (Fsp3) is 0. The Hall–Kier alpha value is -8.61. The first-order valence-electron chi connectivity index (χ1n) is 21.1. The van der Waals surface area contributed by atoms with Crippen LogP contribution in [0.15, 0.2) is 215 Å². The maximum atomic E-state index is 6.89. The highest BCUT2D eigenvalue weighted by Gasteiger charge is 2.21. The first kappa shape index (κ1) is 35.2. The third-order valence-corrected chi connectivity index (χ3v) is 12.3. The number of hydrogen-bond acceptors (Lipinski definition) is 5. The van der Waals surface area contributed by atoms with Crippen LogP contribution >= 0.6 is 0 Å². The summed E-state index contributed by atoms with van der Waals surface area (Å²) in [6, 6.07) is 71.4. The summed E-state index contributed by atoms with van der Waals surface area (Å²) in [7, 11) is 0. The first-order valence-corrected chi connectivity index (χ1v) is 21.1. The van der Waals surface area contributed by atoms with E-state index in [2.05, 4.69) is 187 Å². The Labute approximate surface area is 361 Å². The Morgan fingerprint density at radius 2 is 0.857 bits per heavy atom. The van der Waals surface area contributed by atoms with Gasteiger partial charge in [0.15, 0.2) is 23.1 Å². The highest BCUT2D eigenvalue weighted by Crippen LogP contribution is 2.42. The molecule has 0 N–H and O–H groups in total. The van der Waals surface area contributed by atoms with Gasteiger partial charge in [-0.3, -0.25) is 0 Å². The lowest BCUT2D eigenvalue weighted by Gasteiger charge is -2.11. The highest BCUT2D eigenvalue weighted by atomic mass is 16.3. The number of nitrogens with zero attached hydrogens (tertiary/aromatic N) is 4. The minimum atomic E-state index is 0.540. The summed E-state index contributed by atoms with van der Waals surface area (Å²) in [4.78, 5) is 15.6. The first-order chi connectivity index (χ1) is 31.2. The fourth-order valence-electron chi connectivity index (χ4n) is 9.32. The average Bonchev–Trinajstić information content (AvgIpc) is 4.04. The standard InChI is InChI=1S/C57H34N4O2/c1-3-14-35(15-4-1)36-26-28-38(29-27-36)55-58-56(60-57(59-55)40-32-46(37-16-5-2-6-17-37)53-45-20-9-12-25-50(45)62-52(53)34-40)39-30-31-43-44-21-13-24-49(54(44)63-51(43)33-39)61-47-22-10-7-18-41(47)42-19-8-11-23-48(42)61/h1-34H. The molecule has 63 heavy (non-hydrogen) atoms. The predicted molar refractivity (Wildman–Crippen MR) is 256 cm³/mol. The van der Waals surface area contributed by atoms with Gasteiger partial charge in [-0.15, -0.1) is 0 Å². The van der Waals surface area contributed by atoms with Crippen molar-refractivity contribution < 1.29 is 8.83 Å². The third kappa shape index (κ3) is 5.69. The van der Waals surface area contributed by atoms with Crippen LogP contribution in [0.5, 0.6) is 0 Å². The molecule has 13 aromatic rings. The molecule has 0 aliphatic heterocycles. The normalized spacial score (nSPS) is 11.8. The lowest BCUT2D eigenvalue weighted by Crippen LogP contribution is -2.00. The van der Waals surface area contributed by atoms with Gasteiger partial charge in [-0.2, -0.15) is 0 Å². The molecule has 13 rings (SSSR count). The van der Waals surface area contributed by atoms with E-state index >= 15 is 0 Å². The molecule has 0 radical (unpaired) electrons. The SMILES string of the molecule is c1ccc(-c2ccc(-c3nc(-c4ccc5c(c4)oc4c(-n6c7ccccc7c7ccccc76)cccc45)nc(-c4cc(-c5ccccc5)c5c(c4)oc4ccccc45)n3)cc2)cc1. The highest BCUT2D eigenvalue weighted by molar-refractivity contribution is 6.14. The van der Waals surface area contributed by atoms with Crippen molar-refractivity contribution in [1.29, 1.82) is 0 Å². The minimum absolute atomic E-state index is 0.540. The summed E-state index contributed by atoms with van der Waals surface area (Å²) in [6.07, 6.45) is 0. The number of aromatic nitrogens is 4. The van der Waals surface area contributed by atoms with E-state index in [4.69, 9.17) is 23.8 Å². The number of benzene rings is 9. The maximum absolute atomic E-state index is 6.89. The predicted octanol–water partition coefficient (Wildman–Crippen LogP) is 15.1. The van der Waals surface area contributed by atoms with Crippen LogP contribution in [-0.2, 0) is 0 Å². The number of furan rings is 2. The van der Waals surface area contributed by atoms with Crippen LogP contribution in [0, 0.1) is 0 Å². The molecule has 4 aromatic heterocycles. The second-order valence-corrected chi connectivity index (χ2v) is 15.9. The van der Waals surface area contributed by atoms with Crippen molar-refractivity contribution in [2.75, 3.05) is 0 Å². The molecule has 294 valence electrons. The van der Waals surface area contributed by atoms with Gasteiger partial charge < -0.3 is 13.4 Å². The number of hydrogen-bond donors (Lipinski definition) is 0. The van der Waals surface area contributed by atoms with E-state index in [1.807, 2.05) is 24.3 Å². The quantitative estimate of drug-likeness (QED) is 0.167. The van der Waals surface area contributed by atoms with Gasteiger partial charge in [0.05, 0.1) is 16.7 Å². The molecule has 0 saturated heterocycles. The van der Waals surface area contributed by atoms with Crippen molar-refractivity contribution in [1.82, 2.24) is 19.5 Å². The summed E-state index contributed by atoms with van der Waals surface area (Å²) >= 11 is 0. The second-order valence-electron chi connectivity index (χ2n) is 15.9. The Balaban J connectivity index is 1.00. The topological polar surface area (TPSA) is 69.9 Å². The summed E-state index contributed by atoms with van der Waals surface area (Å²) in [5, 5.41) is 6.59. The molecule has 0 bridgehead atoms. The zero-order valence-electron chi connectivity index (χ0n) is 33.7. The van der Waals surface area contributed by atoms with Crippen LogP contribution in [0.2, 0.25) is 0 Å². The third-order valence-electron chi connectivity index (χ3n) is 12.3. The number of fused-ring (bicyclic) bond motifs is 9. The van der Waals surface area contributed by atoms with E-state index in [1.54, 1.807) is 0 Å². The van der Waals surface area contributed by atoms with Crippen LogP contribution in [-0.4, -0.2) is 19.5 Å². The molecular formula is C57H34N4O2. The van der Waals surface area contributed by atoms with Crippen LogP contribution < -0.4 is 0 Å². The molecular weight excluding hydrogens is 773 g/mol. The molecule has 9 aromatic carbocycles. The van der Waals surface area contributed by atoms with Crippen molar-refractivity contribution >= 4 is 65.7 Å². The van der Waals surface area contributed by atoms with Crippen molar-refractivity contribution in [2.24, 2.45) is 0 Å². The summed E-state index contributed by atoms with van der Waals surface area (Å²) in [5.41, 5.74) is 13.3. The Morgan fingerprint density at radius 1 is 0.317 bits per heavy atom. The van der Waals surface area contributed by atoms with E-state index in [0.717, 1.165) is 99.5 Å². The van der Waals surface area contributed by atoms with Gasteiger partial charge in [0.25, 0.3) is 0 Å². The van der Waals surface area contributed by atoms with Crippen LogP contribution in [0.25, 0.3) is 128 Å². The van der Waals surface area contributed by atoms with E-state index < -0.39 is 0 Å². The molecule has 4 heterocycles. The second kappa shape index (κ2) is 14.0. The average molecular weight is 807 g/mol. The monoisotopic (exact) mass is 806 g/mol. The molecule has 0 fully saturated rings. The molecule has 0 aliphatic carbocycles. The van der Waals surface area contributed by atoms with Crippen LogP contribution in [0.3, 0.4) is 0 Å². The lowest BCUT2D eigenvalue weighted by atomic mass is 9.97. The molecule has 0 amide bonds. The van der Waals surface area contributed by atoms with E-state index in [0.29, 0.717) is 17.5 Å². The van der Waals surface area contributed by atoms with Gasteiger partial charge in [0.2, 0.25) is 0 Å². The van der Waals surface area contributed by atoms with Gasteiger partial charge in [0.1, 0.15) is 16.7 Å². The lowest BCUT2D eigenvalue weighted by molar-refractivity contribution is 0.666. The Bertz CT molecular complexity index is 3850. The minimum Gasteiger partial charge on any atom is -0.456 e. The zero-order valence-corrected chi connectivity index (χ0v) is 33.7. The Morgan fingerprint density at radius 3 is 1.59 bits per heavy atom. The van der Waals surface area contributed by atoms with Gasteiger partial charge in [0, 0.05) is 49.0 Å². The van der Waals surface area contributed by atoms with Crippen molar-refractivity contribution in [2.45, 2.75) is 0 Å². The van der Waals surface area contributed by atoms with Gasteiger partial charge in [-0.25, -0.2) is 15.0 Å². The largest absolute Gasteiger partial charge is 0.456 e. The molecule has 0 unspecified atom stereocenters. The number of rotatable bonds is 6. The molecule has 0 spiro atoms. The van der Waals surface area contributed by atoms with Gasteiger partial charge >= 0.3 is 0 Å². The van der Waals surface area contributed by atoms with E-state index in [-0.39, 0.29) is 0 Å². The van der Waals surface area contributed by atoms with Gasteiger partial charge in [-0.1, -0.05) is 158 Å². The zero-order chi connectivity index (χ0) is 41.4. The van der Waals surface area contributed by atoms with Crippen LogP contribution in [0.1, 0.15) is 0 Å². The van der Waals surface area contributed by atoms with E-state index in [9.17, 15) is 0 Å². The van der Waals surface area contributed by atoms with Crippen molar-refractivity contribution in [3.8, 4) is 62.1 Å². The molecule has 6 nitrogen and oxygen atoms in total. The summed E-state index contributed by atoms with van der Waals surface area (Å²) in [5.74, 6) is 1.65. The summed E-state index contributed by atoms with van der Waals surface area (Å²) < 4.78 is 15.7. The Kier molecular flexibility index (Phi) is 7.80. The molecule has 0 atom stereocenters. The maximum Gasteiger partial charge on any atom is 0.164 e. The van der Waals surface area contributed by atoms with Crippen molar-refractivity contribution in [3.63, 3.8) is 0 Å². The van der Waals surface area contributed by atoms with Gasteiger partial charge in [-0.05, 0) is 70.8 Å².